The Labute approximate surface area is 145 Å². The van der Waals surface area contributed by atoms with Gasteiger partial charge in [-0.05, 0) is 30.8 Å². The minimum Gasteiger partial charge on any atom is -0.481 e. The van der Waals surface area contributed by atoms with Crippen LogP contribution < -0.4 is 0 Å². The average Bonchev–Trinajstić information content (AvgIpc) is 2.57. The Morgan fingerprint density at radius 1 is 0.917 bits per heavy atom. The molecule has 0 atom stereocenters. The maximum atomic E-state index is 10.7. The van der Waals surface area contributed by atoms with Gasteiger partial charge in [-0.15, -0.1) is 0 Å². The predicted octanol–water partition coefficient (Wildman–Crippen LogP) is 4.10. The van der Waals surface area contributed by atoms with Crippen LogP contribution in [0.25, 0.3) is 0 Å². The zero-order valence-electron chi connectivity index (χ0n) is 14.6. The van der Waals surface area contributed by atoms with Gasteiger partial charge >= 0.3 is 11.9 Å². The molecule has 0 unspecified atom stereocenters. The summed E-state index contributed by atoms with van der Waals surface area (Å²) in [4.78, 5) is 21.1. The molecule has 0 bridgehead atoms. The molecule has 0 aromatic carbocycles. The molecular formula is C20H28O4. The molecule has 24 heavy (non-hydrogen) atoms. The van der Waals surface area contributed by atoms with Crippen LogP contribution in [0.3, 0.4) is 0 Å². The molecule has 0 fully saturated rings. The molecule has 0 aromatic heterocycles. The first-order chi connectivity index (χ1) is 11.7. The molecule has 0 radical (unpaired) electrons. The van der Waals surface area contributed by atoms with Crippen LogP contribution in [0.1, 0.15) is 70.6 Å². The average molecular weight is 332 g/mol. The van der Waals surface area contributed by atoms with Gasteiger partial charge < -0.3 is 9.84 Å². The van der Waals surface area contributed by atoms with Crippen molar-refractivity contribution >= 4 is 11.9 Å². The Kier molecular flexibility index (Phi) is 15.6. The number of esters is 1. The quantitative estimate of drug-likeness (QED) is 0.253. The maximum Gasteiger partial charge on any atom is 0.331 e. The molecule has 1 N–H and O–H groups in total. The molecule has 0 heterocycles. The summed E-state index contributed by atoms with van der Waals surface area (Å²) in [5.74, 6) is 9.97. The van der Waals surface area contributed by atoms with Crippen molar-refractivity contribution in [2.75, 3.05) is 7.11 Å². The van der Waals surface area contributed by atoms with Gasteiger partial charge in [0.15, 0.2) is 0 Å². The van der Waals surface area contributed by atoms with Crippen LogP contribution in [0.4, 0.5) is 0 Å². The van der Waals surface area contributed by atoms with Crippen molar-refractivity contribution in [3.63, 3.8) is 0 Å². The lowest BCUT2D eigenvalue weighted by atomic mass is 10.1. The summed E-state index contributed by atoms with van der Waals surface area (Å²) in [5, 5.41) is 8.52. The number of rotatable bonds is 12. The second-order valence-electron chi connectivity index (χ2n) is 5.50. The van der Waals surface area contributed by atoms with E-state index in [9.17, 15) is 9.59 Å². The Balaban J connectivity index is 3.36. The first kappa shape index (κ1) is 21.8. The van der Waals surface area contributed by atoms with Crippen LogP contribution in [0, 0.1) is 23.7 Å². The van der Waals surface area contributed by atoms with Gasteiger partial charge in [-0.2, -0.15) is 0 Å². The fourth-order valence-electron chi connectivity index (χ4n) is 2.09. The van der Waals surface area contributed by atoms with Crippen molar-refractivity contribution in [3.8, 4) is 23.7 Å². The molecule has 4 heteroatoms. The lowest BCUT2D eigenvalue weighted by Gasteiger charge is -2.01. The second-order valence-corrected chi connectivity index (χ2v) is 5.50. The van der Waals surface area contributed by atoms with Gasteiger partial charge in [-0.25, -0.2) is 4.79 Å². The maximum absolute atomic E-state index is 10.7. The minimum atomic E-state index is -0.693. The number of unbranched alkanes of at least 4 members (excludes halogenated alkanes) is 9. The molecule has 0 rings (SSSR count). The van der Waals surface area contributed by atoms with Gasteiger partial charge in [0, 0.05) is 18.9 Å². The predicted molar refractivity (Wildman–Crippen MR) is 95.1 cm³/mol. The van der Waals surface area contributed by atoms with Gasteiger partial charge in [-0.3, -0.25) is 4.79 Å². The van der Waals surface area contributed by atoms with Crippen LogP contribution in [-0.4, -0.2) is 24.2 Å². The van der Waals surface area contributed by atoms with Gasteiger partial charge in [0.1, 0.15) is 0 Å². The third-order valence-electron chi connectivity index (χ3n) is 3.42. The topological polar surface area (TPSA) is 63.6 Å². The van der Waals surface area contributed by atoms with E-state index in [1.807, 2.05) is 0 Å². The molecule has 0 aliphatic carbocycles. The van der Waals surface area contributed by atoms with Gasteiger partial charge in [0.05, 0.1) is 7.11 Å². The van der Waals surface area contributed by atoms with Gasteiger partial charge in [0.25, 0.3) is 0 Å². The summed E-state index contributed by atoms with van der Waals surface area (Å²) >= 11 is 0. The molecule has 0 aliphatic rings. The molecule has 0 saturated carbocycles. The van der Waals surface area contributed by atoms with Crippen molar-refractivity contribution in [3.05, 3.63) is 12.2 Å². The summed E-state index contributed by atoms with van der Waals surface area (Å²) in [6.07, 6.45) is 14.0. The van der Waals surface area contributed by atoms with Crippen LogP contribution in [0.15, 0.2) is 12.2 Å². The molecule has 0 aliphatic heterocycles. The van der Waals surface area contributed by atoms with E-state index in [0.717, 1.165) is 32.1 Å². The van der Waals surface area contributed by atoms with E-state index in [2.05, 4.69) is 28.4 Å². The highest BCUT2D eigenvalue weighted by molar-refractivity contribution is 5.82. The van der Waals surface area contributed by atoms with E-state index >= 15 is 0 Å². The number of allylic oxidation sites excluding steroid dienone is 1. The Morgan fingerprint density at radius 3 is 2.08 bits per heavy atom. The number of methoxy groups -OCH3 is 1. The zero-order chi connectivity index (χ0) is 17.9. The molecule has 0 saturated heterocycles. The summed E-state index contributed by atoms with van der Waals surface area (Å²) < 4.78 is 4.43. The second kappa shape index (κ2) is 17.2. The standard InChI is InChI=1S/C20H28O4/c1-24-20(23)18-16-14-12-10-8-6-4-2-3-5-7-9-11-13-15-17-19(21)22/h16,18H,2-7,9,11,13,15,17H2,1H3,(H,21,22)/b18-16-. The zero-order valence-corrected chi connectivity index (χ0v) is 14.6. The molecular weight excluding hydrogens is 304 g/mol. The summed E-state index contributed by atoms with van der Waals surface area (Å²) in [6, 6.07) is 0. The highest BCUT2D eigenvalue weighted by Crippen LogP contribution is 2.11. The Hall–Kier alpha value is -2.20. The van der Waals surface area contributed by atoms with E-state index in [0.29, 0.717) is 6.42 Å². The fraction of sp³-hybridized carbons (Fsp3) is 0.600. The highest BCUT2D eigenvalue weighted by Gasteiger charge is 1.96. The van der Waals surface area contributed by atoms with E-state index in [-0.39, 0.29) is 0 Å². The number of ether oxygens (including phenoxy) is 1. The largest absolute Gasteiger partial charge is 0.481 e. The molecule has 4 nitrogen and oxygen atoms in total. The van der Waals surface area contributed by atoms with Crippen LogP contribution in [0.2, 0.25) is 0 Å². The van der Waals surface area contributed by atoms with Crippen molar-refractivity contribution in [1.29, 1.82) is 0 Å². The Morgan fingerprint density at radius 2 is 1.50 bits per heavy atom. The fourth-order valence-corrected chi connectivity index (χ4v) is 2.09. The van der Waals surface area contributed by atoms with Crippen molar-refractivity contribution in [2.24, 2.45) is 0 Å². The molecule has 0 aromatic rings. The molecule has 132 valence electrons. The monoisotopic (exact) mass is 332 g/mol. The van der Waals surface area contributed by atoms with Crippen LogP contribution in [0.5, 0.6) is 0 Å². The minimum absolute atomic E-state index is 0.299. The molecule has 0 amide bonds. The number of hydrogen-bond acceptors (Lipinski definition) is 3. The summed E-state index contributed by atoms with van der Waals surface area (Å²) in [6.45, 7) is 0. The number of hydrogen-bond donors (Lipinski definition) is 1. The van der Waals surface area contributed by atoms with Crippen LogP contribution in [-0.2, 0) is 14.3 Å². The third kappa shape index (κ3) is 17.9. The van der Waals surface area contributed by atoms with E-state index in [1.54, 1.807) is 0 Å². The van der Waals surface area contributed by atoms with E-state index < -0.39 is 11.9 Å². The number of aliphatic carboxylic acids is 1. The molecule has 0 spiro atoms. The highest BCUT2D eigenvalue weighted by atomic mass is 16.5. The number of carboxylic acid groups (broad SMARTS) is 1. The van der Waals surface area contributed by atoms with Crippen LogP contribution >= 0.6 is 0 Å². The number of carbonyl (C=O) groups is 2. The third-order valence-corrected chi connectivity index (χ3v) is 3.42. The van der Waals surface area contributed by atoms with Crippen molar-refractivity contribution < 1.29 is 19.4 Å². The van der Waals surface area contributed by atoms with E-state index in [4.69, 9.17) is 5.11 Å². The Bertz CT molecular complexity index is 497. The number of carboxylic acids is 1. The smallest absolute Gasteiger partial charge is 0.331 e. The summed E-state index contributed by atoms with van der Waals surface area (Å²) in [7, 11) is 1.32. The normalized spacial score (nSPS) is 9.71. The van der Waals surface area contributed by atoms with Crippen molar-refractivity contribution in [2.45, 2.75) is 70.6 Å². The van der Waals surface area contributed by atoms with E-state index in [1.165, 1.54) is 51.4 Å². The first-order valence-corrected chi connectivity index (χ1v) is 8.61. The number of carbonyl (C=O) groups excluding carboxylic acids is 1. The lowest BCUT2D eigenvalue weighted by molar-refractivity contribution is -0.137. The van der Waals surface area contributed by atoms with Crippen molar-refractivity contribution in [1.82, 2.24) is 0 Å². The van der Waals surface area contributed by atoms with Gasteiger partial charge in [-0.1, -0.05) is 56.8 Å². The van der Waals surface area contributed by atoms with Gasteiger partial charge in [0.2, 0.25) is 0 Å². The SMILES string of the molecule is COC(=O)/C=C\C#CC#CCCCCCCCCCCCC(=O)O. The summed E-state index contributed by atoms with van der Waals surface area (Å²) in [5.41, 5.74) is 0. The lowest BCUT2D eigenvalue weighted by Crippen LogP contribution is -1.93. The first-order valence-electron chi connectivity index (χ1n) is 8.61.